The Bertz CT molecular complexity index is 289. The Morgan fingerprint density at radius 2 is 1.12 bits per heavy atom. The summed E-state index contributed by atoms with van der Waals surface area (Å²) in [6.07, 6.45) is 8.36. The molecule has 0 bridgehead atoms. The van der Waals surface area contributed by atoms with Crippen LogP contribution in [-0.2, 0) is 9.59 Å². The van der Waals surface area contributed by atoms with Crippen LogP contribution in [0.3, 0.4) is 0 Å². The van der Waals surface area contributed by atoms with Crippen LogP contribution in [0.4, 0.5) is 0 Å². The number of ketones is 2. The highest BCUT2D eigenvalue weighted by molar-refractivity contribution is 5.91. The molecule has 0 amide bonds. The molecule has 0 aromatic rings. The van der Waals surface area contributed by atoms with Crippen molar-refractivity contribution in [3.8, 4) is 0 Å². The maximum absolute atomic E-state index is 12.1. The minimum absolute atomic E-state index is 0.125. The topological polar surface area (TPSA) is 34.1 Å². The number of fused-ring (bicyclic) bond motifs is 3. The predicted molar refractivity (Wildman–Crippen MR) is 60.9 cm³/mol. The average molecular weight is 220 g/mol. The monoisotopic (exact) mass is 220 g/mol. The van der Waals surface area contributed by atoms with Gasteiger partial charge in [-0.15, -0.1) is 0 Å². The normalized spacial score (nSPS) is 43.8. The molecule has 0 radical (unpaired) electrons. The first-order valence-corrected chi connectivity index (χ1v) is 6.83. The maximum Gasteiger partial charge on any atom is 0.136 e. The van der Waals surface area contributed by atoms with Crippen LogP contribution in [0.1, 0.15) is 51.4 Å². The summed E-state index contributed by atoms with van der Waals surface area (Å²) < 4.78 is 0. The van der Waals surface area contributed by atoms with Crippen LogP contribution >= 0.6 is 0 Å². The Morgan fingerprint density at radius 3 is 1.56 bits per heavy atom. The Balaban J connectivity index is 1.89. The van der Waals surface area contributed by atoms with E-state index in [2.05, 4.69) is 0 Å². The summed E-state index contributed by atoms with van der Waals surface area (Å²) >= 11 is 0. The first-order valence-electron chi connectivity index (χ1n) is 6.83. The molecule has 3 aliphatic carbocycles. The van der Waals surface area contributed by atoms with Crippen molar-refractivity contribution in [2.24, 2.45) is 23.7 Å². The smallest absolute Gasteiger partial charge is 0.136 e. The lowest BCUT2D eigenvalue weighted by molar-refractivity contribution is -0.144. The van der Waals surface area contributed by atoms with Gasteiger partial charge in [-0.25, -0.2) is 0 Å². The molecule has 0 aromatic carbocycles. The third-order valence-corrected chi connectivity index (χ3v) is 5.05. The van der Waals surface area contributed by atoms with Gasteiger partial charge >= 0.3 is 0 Å². The summed E-state index contributed by atoms with van der Waals surface area (Å²) in [5.74, 6) is 2.15. The van der Waals surface area contributed by atoms with Gasteiger partial charge < -0.3 is 0 Å². The van der Waals surface area contributed by atoms with E-state index in [4.69, 9.17) is 0 Å². The van der Waals surface area contributed by atoms with Crippen molar-refractivity contribution in [3.05, 3.63) is 0 Å². The van der Waals surface area contributed by atoms with Crippen molar-refractivity contribution < 1.29 is 9.59 Å². The first-order chi connectivity index (χ1) is 7.77. The average Bonchev–Trinajstić information content (AvgIpc) is 2.29. The highest BCUT2D eigenvalue weighted by Crippen LogP contribution is 2.48. The number of carbonyl (C=O) groups is 2. The van der Waals surface area contributed by atoms with Crippen LogP contribution in [0.5, 0.6) is 0 Å². The van der Waals surface area contributed by atoms with Gasteiger partial charge in [-0.3, -0.25) is 9.59 Å². The van der Waals surface area contributed by atoms with E-state index in [0.717, 1.165) is 25.7 Å². The summed E-state index contributed by atoms with van der Waals surface area (Å²) in [6.45, 7) is 0. The third-order valence-electron chi connectivity index (χ3n) is 5.05. The summed E-state index contributed by atoms with van der Waals surface area (Å²) in [4.78, 5) is 24.2. The lowest BCUT2D eigenvalue weighted by atomic mass is 9.57. The molecular formula is C14H20O2. The molecule has 0 unspecified atom stereocenters. The molecule has 16 heavy (non-hydrogen) atoms. The van der Waals surface area contributed by atoms with E-state index in [1.165, 1.54) is 25.7 Å². The largest absolute Gasteiger partial charge is 0.299 e. The fourth-order valence-corrected chi connectivity index (χ4v) is 4.36. The summed E-state index contributed by atoms with van der Waals surface area (Å²) in [5.41, 5.74) is 0. The van der Waals surface area contributed by atoms with Crippen LogP contribution in [-0.4, -0.2) is 11.6 Å². The maximum atomic E-state index is 12.1. The second-order valence-electron chi connectivity index (χ2n) is 5.87. The molecule has 88 valence electrons. The summed E-state index contributed by atoms with van der Waals surface area (Å²) in [5, 5.41) is 0. The first kappa shape index (κ1) is 10.5. The van der Waals surface area contributed by atoms with Gasteiger partial charge in [0.1, 0.15) is 11.6 Å². The van der Waals surface area contributed by atoms with Crippen molar-refractivity contribution in [3.63, 3.8) is 0 Å². The highest BCUT2D eigenvalue weighted by Gasteiger charge is 2.48. The van der Waals surface area contributed by atoms with Crippen LogP contribution in [0.25, 0.3) is 0 Å². The molecule has 3 saturated carbocycles. The van der Waals surface area contributed by atoms with E-state index < -0.39 is 0 Å². The second-order valence-corrected chi connectivity index (χ2v) is 5.87. The van der Waals surface area contributed by atoms with Crippen LogP contribution in [0.2, 0.25) is 0 Å². The summed E-state index contributed by atoms with van der Waals surface area (Å²) in [6, 6.07) is 0. The van der Waals surface area contributed by atoms with Gasteiger partial charge in [-0.05, 0) is 50.4 Å². The zero-order valence-corrected chi connectivity index (χ0v) is 9.78. The highest BCUT2D eigenvalue weighted by atomic mass is 16.1. The molecule has 2 heteroatoms. The molecule has 0 saturated heterocycles. The molecule has 4 atom stereocenters. The molecular weight excluding hydrogens is 200 g/mol. The lowest BCUT2D eigenvalue weighted by Crippen LogP contribution is -2.46. The molecule has 0 N–H and O–H groups in total. The standard InChI is InChI=1S/C14H20O2/c15-11-5-1-3-9-7-8-10-4-2-6-12(16)14(10)13(9)11/h9-10,13-14H,1-8H2/t9-,10-,13-,14-/m0/s1. The lowest BCUT2D eigenvalue weighted by Gasteiger charge is -2.45. The molecule has 3 rings (SSSR count). The third kappa shape index (κ3) is 1.54. The zero-order chi connectivity index (χ0) is 11.1. The molecule has 0 aromatic heterocycles. The SMILES string of the molecule is O=C1CCC[C@H]2CC[C@@H]3CCCC(=O)[C@H]3[C@H]12. The van der Waals surface area contributed by atoms with Gasteiger partial charge in [0.25, 0.3) is 0 Å². The van der Waals surface area contributed by atoms with E-state index in [0.29, 0.717) is 23.4 Å². The number of hydrogen-bond acceptors (Lipinski definition) is 2. The van der Waals surface area contributed by atoms with Gasteiger partial charge in [0, 0.05) is 24.7 Å². The molecule has 0 spiro atoms. The predicted octanol–water partition coefficient (Wildman–Crippen LogP) is 2.75. The fraction of sp³-hybridized carbons (Fsp3) is 0.857. The van der Waals surface area contributed by atoms with E-state index in [9.17, 15) is 9.59 Å². The van der Waals surface area contributed by atoms with E-state index in [1.807, 2.05) is 0 Å². The Morgan fingerprint density at radius 1 is 0.688 bits per heavy atom. The minimum Gasteiger partial charge on any atom is -0.299 e. The Labute approximate surface area is 96.8 Å². The molecule has 2 nitrogen and oxygen atoms in total. The zero-order valence-electron chi connectivity index (χ0n) is 9.78. The number of Topliss-reactive ketones (excluding diaryl/α,β-unsaturated/α-hetero) is 2. The van der Waals surface area contributed by atoms with E-state index in [1.54, 1.807) is 0 Å². The van der Waals surface area contributed by atoms with Crippen molar-refractivity contribution in [2.75, 3.05) is 0 Å². The van der Waals surface area contributed by atoms with Crippen molar-refractivity contribution in [2.45, 2.75) is 51.4 Å². The number of rotatable bonds is 0. The van der Waals surface area contributed by atoms with Crippen LogP contribution in [0, 0.1) is 23.7 Å². The van der Waals surface area contributed by atoms with Crippen LogP contribution in [0.15, 0.2) is 0 Å². The molecule has 3 aliphatic rings. The quantitative estimate of drug-likeness (QED) is 0.629. The summed E-state index contributed by atoms with van der Waals surface area (Å²) in [7, 11) is 0. The molecule has 0 aliphatic heterocycles. The van der Waals surface area contributed by atoms with Crippen molar-refractivity contribution in [1.29, 1.82) is 0 Å². The molecule has 3 fully saturated rings. The van der Waals surface area contributed by atoms with Crippen LogP contribution < -0.4 is 0 Å². The Kier molecular flexibility index (Phi) is 2.61. The van der Waals surface area contributed by atoms with Gasteiger partial charge in [-0.2, -0.15) is 0 Å². The fourth-order valence-electron chi connectivity index (χ4n) is 4.36. The Hall–Kier alpha value is -0.660. The van der Waals surface area contributed by atoms with Crippen molar-refractivity contribution >= 4 is 11.6 Å². The molecule has 0 heterocycles. The second kappa shape index (κ2) is 3.97. The van der Waals surface area contributed by atoms with Crippen molar-refractivity contribution in [1.82, 2.24) is 0 Å². The van der Waals surface area contributed by atoms with Gasteiger partial charge in [0.15, 0.2) is 0 Å². The van der Waals surface area contributed by atoms with Gasteiger partial charge in [0.05, 0.1) is 0 Å². The minimum atomic E-state index is 0.125. The van der Waals surface area contributed by atoms with Gasteiger partial charge in [-0.1, -0.05) is 0 Å². The number of carbonyl (C=O) groups excluding carboxylic acids is 2. The van der Waals surface area contributed by atoms with E-state index >= 15 is 0 Å². The van der Waals surface area contributed by atoms with E-state index in [-0.39, 0.29) is 11.8 Å². The van der Waals surface area contributed by atoms with Gasteiger partial charge in [0.2, 0.25) is 0 Å². The number of hydrogen-bond donors (Lipinski definition) is 0.